The fraction of sp³-hybridized carbons (Fsp3) is 0.588. The van der Waals surface area contributed by atoms with Gasteiger partial charge in [-0.15, -0.1) is 0 Å². The number of nitrogens with zero attached hydrogens (tertiary/aromatic N) is 1. The smallest absolute Gasteiger partial charge is 0.138 e. The quantitative estimate of drug-likeness (QED) is 0.856. The van der Waals surface area contributed by atoms with E-state index in [4.69, 9.17) is 4.74 Å². The Morgan fingerprint density at radius 1 is 1.35 bits per heavy atom. The lowest BCUT2D eigenvalue weighted by Gasteiger charge is -2.22. The van der Waals surface area contributed by atoms with Crippen molar-refractivity contribution in [3.05, 3.63) is 30.1 Å². The highest BCUT2D eigenvalue weighted by Crippen LogP contribution is 2.23. The Bertz CT molecular complexity index is 425. The van der Waals surface area contributed by atoms with Crippen LogP contribution in [0.15, 0.2) is 24.5 Å². The minimum Gasteiger partial charge on any atom is -0.489 e. The number of hydrogen-bond donors (Lipinski definition) is 1. The van der Waals surface area contributed by atoms with Crippen LogP contribution in [-0.4, -0.2) is 24.2 Å². The summed E-state index contributed by atoms with van der Waals surface area (Å²) in [5.74, 6) is 0.903. The molecule has 0 bridgehead atoms. The van der Waals surface area contributed by atoms with Crippen LogP contribution in [0.1, 0.15) is 51.0 Å². The SMILES string of the molecule is CN[C@@H](C)C/C=C/c1cncc(OC2CCCCC2)c1. The van der Waals surface area contributed by atoms with Gasteiger partial charge in [0.15, 0.2) is 0 Å². The summed E-state index contributed by atoms with van der Waals surface area (Å²) in [7, 11) is 1.98. The summed E-state index contributed by atoms with van der Waals surface area (Å²) in [4.78, 5) is 4.28. The highest BCUT2D eigenvalue weighted by atomic mass is 16.5. The van der Waals surface area contributed by atoms with Gasteiger partial charge < -0.3 is 10.1 Å². The van der Waals surface area contributed by atoms with Gasteiger partial charge in [0.05, 0.1) is 12.3 Å². The van der Waals surface area contributed by atoms with Crippen LogP contribution in [0, 0.1) is 0 Å². The molecule has 0 aliphatic heterocycles. The first-order valence-electron chi connectivity index (χ1n) is 7.73. The van der Waals surface area contributed by atoms with E-state index in [1.807, 2.05) is 19.4 Å². The monoisotopic (exact) mass is 274 g/mol. The largest absolute Gasteiger partial charge is 0.489 e. The number of aromatic nitrogens is 1. The molecule has 1 aromatic rings. The molecule has 0 saturated heterocycles. The highest BCUT2D eigenvalue weighted by molar-refractivity contribution is 5.49. The standard InChI is InChI=1S/C17H26N2O/c1-14(18-2)7-6-8-15-11-17(13-19-12-15)20-16-9-4-3-5-10-16/h6,8,11-14,16,18H,3-5,7,9-10H2,1-2H3/b8-6+/t14-/m0/s1. The molecule has 1 aliphatic carbocycles. The first-order valence-corrected chi connectivity index (χ1v) is 7.73. The third kappa shape index (κ3) is 4.97. The predicted molar refractivity (Wildman–Crippen MR) is 83.9 cm³/mol. The maximum atomic E-state index is 6.04. The van der Waals surface area contributed by atoms with Crippen molar-refractivity contribution in [3.8, 4) is 5.75 Å². The third-order valence-corrected chi connectivity index (χ3v) is 3.88. The van der Waals surface area contributed by atoms with E-state index in [0.717, 1.165) is 17.7 Å². The Balaban J connectivity index is 1.89. The van der Waals surface area contributed by atoms with Gasteiger partial charge in [0.1, 0.15) is 5.75 Å². The number of nitrogens with one attached hydrogen (secondary N) is 1. The molecule has 2 rings (SSSR count). The van der Waals surface area contributed by atoms with Gasteiger partial charge in [-0.25, -0.2) is 0 Å². The van der Waals surface area contributed by atoms with Crippen molar-refractivity contribution in [2.75, 3.05) is 7.05 Å². The normalized spacial score (nSPS) is 18.3. The Labute approximate surface area is 122 Å². The van der Waals surface area contributed by atoms with Gasteiger partial charge in [0.25, 0.3) is 0 Å². The van der Waals surface area contributed by atoms with Crippen molar-refractivity contribution in [1.29, 1.82) is 0 Å². The molecular formula is C17H26N2O. The third-order valence-electron chi connectivity index (χ3n) is 3.88. The summed E-state index contributed by atoms with van der Waals surface area (Å²) >= 11 is 0. The van der Waals surface area contributed by atoms with Crippen LogP contribution in [-0.2, 0) is 0 Å². The molecule has 0 amide bonds. The summed E-state index contributed by atoms with van der Waals surface area (Å²) in [5.41, 5.74) is 1.11. The number of pyridine rings is 1. The van der Waals surface area contributed by atoms with Crippen LogP contribution in [0.25, 0.3) is 6.08 Å². The highest BCUT2D eigenvalue weighted by Gasteiger charge is 2.14. The average molecular weight is 274 g/mol. The molecule has 1 aliphatic rings. The number of ether oxygens (including phenoxy) is 1. The molecule has 20 heavy (non-hydrogen) atoms. The van der Waals surface area contributed by atoms with Crippen LogP contribution >= 0.6 is 0 Å². The van der Waals surface area contributed by atoms with Crippen LogP contribution in [0.3, 0.4) is 0 Å². The Hall–Kier alpha value is -1.35. The summed E-state index contributed by atoms with van der Waals surface area (Å²) in [6.07, 6.45) is 15.7. The lowest BCUT2D eigenvalue weighted by Crippen LogP contribution is -2.19. The Morgan fingerprint density at radius 3 is 2.90 bits per heavy atom. The zero-order valence-electron chi connectivity index (χ0n) is 12.6. The summed E-state index contributed by atoms with van der Waals surface area (Å²) in [5, 5.41) is 3.23. The van der Waals surface area contributed by atoms with Crippen molar-refractivity contribution < 1.29 is 4.74 Å². The van der Waals surface area contributed by atoms with Gasteiger partial charge in [-0.3, -0.25) is 4.98 Å². The second-order valence-corrected chi connectivity index (χ2v) is 5.66. The molecule has 1 fully saturated rings. The van der Waals surface area contributed by atoms with Crippen molar-refractivity contribution in [1.82, 2.24) is 10.3 Å². The van der Waals surface area contributed by atoms with Crippen molar-refractivity contribution >= 4 is 6.08 Å². The van der Waals surface area contributed by atoms with E-state index in [-0.39, 0.29) is 0 Å². The van der Waals surface area contributed by atoms with E-state index < -0.39 is 0 Å². The molecule has 1 aromatic heterocycles. The van der Waals surface area contributed by atoms with Crippen molar-refractivity contribution in [2.45, 2.75) is 57.6 Å². The molecule has 0 radical (unpaired) electrons. The molecule has 110 valence electrons. The fourth-order valence-corrected chi connectivity index (χ4v) is 2.49. The number of hydrogen-bond acceptors (Lipinski definition) is 3. The second kappa shape index (κ2) is 8.05. The van der Waals surface area contributed by atoms with Gasteiger partial charge in [0.2, 0.25) is 0 Å². The van der Waals surface area contributed by atoms with E-state index >= 15 is 0 Å². The molecule has 0 aromatic carbocycles. The molecule has 3 nitrogen and oxygen atoms in total. The average Bonchev–Trinajstić information content (AvgIpc) is 2.48. The van der Waals surface area contributed by atoms with Crippen LogP contribution in [0.4, 0.5) is 0 Å². The van der Waals surface area contributed by atoms with E-state index in [9.17, 15) is 0 Å². The first-order chi connectivity index (χ1) is 9.78. The zero-order valence-corrected chi connectivity index (χ0v) is 12.6. The molecule has 0 unspecified atom stereocenters. The lowest BCUT2D eigenvalue weighted by molar-refractivity contribution is 0.154. The predicted octanol–water partition coefficient (Wildman–Crippen LogP) is 3.80. The molecule has 1 heterocycles. The summed E-state index contributed by atoms with van der Waals surface area (Å²) in [6, 6.07) is 2.59. The minimum atomic E-state index is 0.383. The van der Waals surface area contributed by atoms with Gasteiger partial charge in [-0.1, -0.05) is 18.6 Å². The van der Waals surface area contributed by atoms with Gasteiger partial charge in [0, 0.05) is 12.2 Å². The van der Waals surface area contributed by atoms with E-state index in [0.29, 0.717) is 12.1 Å². The molecule has 1 atom stereocenters. The lowest BCUT2D eigenvalue weighted by atomic mass is 9.98. The molecule has 3 heteroatoms. The molecule has 1 N–H and O–H groups in total. The fourth-order valence-electron chi connectivity index (χ4n) is 2.49. The van der Waals surface area contributed by atoms with Crippen LogP contribution in [0.5, 0.6) is 5.75 Å². The number of rotatable bonds is 6. The van der Waals surface area contributed by atoms with Crippen molar-refractivity contribution in [3.63, 3.8) is 0 Å². The Morgan fingerprint density at radius 2 is 2.15 bits per heavy atom. The van der Waals surface area contributed by atoms with Crippen LogP contribution < -0.4 is 10.1 Å². The first kappa shape index (κ1) is 15.0. The van der Waals surface area contributed by atoms with Crippen molar-refractivity contribution in [2.24, 2.45) is 0 Å². The second-order valence-electron chi connectivity index (χ2n) is 5.66. The van der Waals surface area contributed by atoms with E-state index in [1.165, 1.54) is 32.1 Å². The van der Waals surface area contributed by atoms with Gasteiger partial charge >= 0.3 is 0 Å². The molecule has 0 spiro atoms. The van der Waals surface area contributed by atoms with Crippen LogP contribution in [0.2, 0.25) is 0 Å². The maximum Gasteiger partial charge on any atom is 0.138 e. The van der Waals surface area contributed by atoms with Gasteiger partial charge in [-0.05, 0) is 57.7 Å². The molecular weight excluding hydrogens is 248 g/mol. The summed E-state index contributed by atoms with van der Waals surface area (Å²) < 4.78 is 6.04. The maximum absolute atomic E-state index is 6.04. The van der Waals surface area contributed by atoms with Gasteiger partial charge in [-0.2, -0.15) is 0 Å². The Kier molecular flexibility index (Phi) is 6.06. The minimum absolute atomic E-state index is 0.383. The van der Waals surface area contributed by atoms with E-state index in [2.05, 4.69) is 35.4 Å². The molecule has 1 saturated carbocycles. The zero-order chi connectivity index (χ0) is 14.2. The summed E-state index contributed by atoms with van der Waals surface area (Å²) in [6.45, 7) is 2.17. The van der Waals surface area contributed by atoms with E-state index in [1.54, 1.807) is 0 Å². The topological polar surface area (TPSA) is 34.2 Å².